The number of hydrogen-bond acceptors (Lipinski definition) is 6. The van der Waals surface area contributed by atoms with Crippen LogP contribution in [0.3, 0.4) is 0 Å². The normalized spacial score (nSPS) is 13.4. The van der Waals surface area contributed by atoms with Crippen molar-refractivity contribution in [2.24, 2.45) is 0 Å². The second kappa shape index (κ2) is 7.63. The van der Waals surface area contributed by atoms with Crippen LogP contribution in [0.5, 0.6) is 5.75 Å². The van der Waals surface area contributed by atoms with E-state index in [0.717, 1.165) is 28.1 Å². The van der Waals surface area contributed by atoms with Crippen LogP contribution in [-0.4, -0.2) is 28.7 Å². The quantitative estimate of drug-likeness (QED) is 0.524. The highest BCUT2D eigenvalue weighted by Gasteiger charge is 2.20. The van der Waals surface area contributed by atoms with Crippen LogP contribution < -0.4 is 10.1 Å². The molecule has 0 spiro atoms. The first-order valence-electron chi connectivity index (χ1n) is 8.57. The number of thioether (sulfide) groups is 1. The maximum atomic E-state index is 12.4. The number of aryl methyl sites for hydroxylation is 2. The summed E-state index contributed by atoms with van der Waals surface area (Å²) in [6.07, 6.45) is 6.28. The summed E-state index contributed by atoms with van der Waals surface area (Å²) >= 11 is 3.25. The zero-order valence-corrected chi connectivity index (χ0v) is 16.1. The number of hydrogen-bond donors (Lipinski definition) is 1. The summed E-state index contributed by atoms with van der Waals surface area (Å²) in [5.74, 6) is 0.881. The van der Waals surface area contributed by atoms with Gasteiger partial charge in [0.05, 0.1) is 18.6 Å². The molecule has 4 rings (SSSR count). The molecule has 1 aliphatic rings. The van der Waals surface area contributed by atoms with Gasteiger partial charge in [-0.15, -0.1) is 11.3 Å². The van der Waals surface area contributed by atoms with Gasteiger partial charge in [-0.1, -0.05) is 23.9 Å². The maximum absolute atomic E-state index is 12.4. The fourth-order valence-electron chi connectivity index (χ4n) is 3.24. The lowest BCUT2D eigenvalue weighted by molar-refractivity contribution is -0.113. The van der Waals surface area contributed by atoms with Crippen molar-refractivity contribution in [2.75, 3.05) is 18.2 Å². The molecule has 2 aromatic heterocycles. The van der Waals surface area contributed by atoms with E-state index in [9.17, 15) is 4.79 Å². The number of para-hydroxylation sites is 2. The third-order valence-corrected chi connectivity index (χ3v) is 6.63. The van der Waals surface area contributed by atoms with Gasteiger partial charge < -0.3 is 10.1 Å². The molecule has 0 fully saturated rings. The molecule has 2 heterocycles. The molecule has 7 heteroatoms. The van der Waals surface area contributed by atoms with Gasteiger partial charge in [0.15, 0.2) is 0 Å². The Balaban J connectivity index is 1.51. The van der Waals surface area contributed by atoms with Crippen molar-refractivity contribution >= 4 is 44.9 Å². The molecular weight excluding hydrogens is 366 g/mol. The van der Waals surface area contributed by atoms with Crippen LogP contribution in [0.2, 0.25) is 0 Å². The van der Waals surface area contributed by atoms with Gasteiger partial charge in [-0.2, -0.15) is 0 Å². The summed E-state index contributed by atoms with van der Waals surface area (Å²) in [7, 11) is 1.59. The van der Waals surface area contributed by atoms with Crippen LogP contribution in [0.15, 0.2) is 35.6 Å². The zero-order chi connectivity index (χ0) is 17.9. The molecule has 134 valence electrons. The molecule has 1 aliphatic carbocycles. The van der Waals surface area contributed by atoms with Crippen molar-refractivity contribution < 1.29 is 9.53 Å². The van der Waals surface area contributed by atoms with Gasteiger partial charge in [-0.3, -0.25) is 4.79 Å². The Bertz CT molecular complexity index is 955. The van der Waals surface area contributed by atoms with Gasteiger partial charge in [-0.25, -0.2) is 9.97 Å². The van der Waals surface area contributed by atoms with Crippen molar-refractivity contribution in [1.82, 2.24) is 9.97 Å². The number of ether oxygens (including phenoxy) is 1. The fourth-order valence-corrected chi connectivity index (χ4v) is 5.36. The fraction of sp³-hybridized carbons (Fsp3) is 0.316. The molecular formula is C19H19N3O2S2. The van der Waals surface area contributed by atoms with E-state index in [4.69, 9.17) is 4.74 Å². The van der Waals surface area contributed by atoms with Crippen LogP contribution >= 0.6 is 23.1 Å². The first-order chi connectivity index (χ1) is 12.8. The number of carbonyl (C=O) groups is 1. The highest BCUT2D eigenvalue weighted by molar-refractivity contribution is 8.00. The van der Waals surface area contributed by atoms with Crippen LogP contribution in [0.4, 0.5) is 5.69 Å². The van der Waals surface area contributed by atoms with Gasteiger partial charge >= 0.3 is 0 Å². The Kier molecular flexibility index (Phi) is 5.08. The lowest BCUT2D eigenvalue weighted by Gasteiger charge is -2.12. The Morgan fingerprint density at radius 2 is 2.12 bits per heavy atom. The van der Waals surface area contributed by atoms with Crippen LogP contribution in [0.25, 0.3) is 10.2 Å². The van der Waals surface area contributed by atoms with Crippen LogP contribution in [0.1, 0.15) is 23.3 Å². The van der Waals surface area contributed by atoms with Crippen molar-refractivity contribution in [3.05, 3.63) is 41.0 Å². The summed E-state index contributed by atoms with van der Waals surface area (Å²) < 4.78 is 5.28. The van der Waals surface area contributed by atoms with E-state index in [-0.39, 0.29) is 5.91 Å². The Labute approximate surface area is 160 Å². The Morgan fingerprint density at radius 3 is 3.00 bits per heavy atom. The number of methoxy groups -OCH3 is 1. The van der Waals surface area contributed by atoms with Gasteiger partial charge in [0.1, 0.15) is 21.9 Å². The Morgan fingerprint density at radius 1 is 1.27 bits per heavy atom. The molecule has 0 saturated carbocycles. The van der Waals surface area contributed by atoms with Gasteiger partial charge in [-0.05, 0) is 43.4 Å². The molecule has 0 bridgehead atoms. The number of thiophene rings is 1. The van der Waals surface area contributed by atoms with Crippen LogP contribution in [0, 0.1) is 0 Å². The van der Waals surface area contributed by atoms with Gasteiger partial charge in [0.25, 0.3) is 0 Å². The third kappa shape index (κ3) is 3.41. The van der Waals surface area contributed by atoms with E-state index >= 15 is 0 Å². The number of amides is 1. The first-order valence-corrected chi connectivity index (χ1v) is 10.4. The standard InChI is InChI=1S/C19H19N3O2S2/c1-24-14-8-4-3-7-13(14)22-16(23)10-25-18-17-12-6-2-5-9-15(12)26-19(17)21-11-20-18/h3-4,7-8,11H,2,5-6,9-10H2,1H3,(H,22,23). The second-order valence-corrected chi connectivity index (χ2v) is 8.15. The molecule has 0 aliphatic heterocycles. The van der Waals surface area contributed by atoms with E-state index in [2.05, 4.69) is 15.3 Å². The molecule has 1 aromatic carbocycles. The van der Waals surface area contributed by atoms with E-state index in [1.54, 1.807) is 24.8 Å². The molecule has 3 aromatic rings. The minimum atomic E-state index is -0.0737. The van der Waals surface area contributed by atoms with E-state index in [1.807, 2.05) is 24.3 Å². The first kappa shape index (κ1) is 17.3. The van der Waals surface area contributed by atoms with Crippen molar-refractivity contribution in [1.29, 1.82) is 0 Å². The zero-order valence-electron chi connectivity index (χ0n) is 14.4. The van der Waals surface area contributed by atoms with Gasteiger partial charge in [0.2, 0.25) is 5.91 Å². The van der Waals surface area contributed by atoms with Crippen molar-refractivity contribution in [2.45, 2.75) is 30.7 Å². The summed E-state index contributed by atoms with van der Waals surface area (Å²) in [5, 5.41) is 4.97. The SMILES string of the molecule is COc1ccccc1NC(=O)CSc1ncnc2sc3c(c12)CCCC3. The molecule has 0 atom stereocenters. The summed E-state index contributed by atoms with van der Waals surface area (Å²) in [5.41, 5.74) is 2.07. The molecule has 26 heavy (non-hydrogen) atoms. The number of aromatic nitrogens is 2. The number of nitrogens with one attached hydrogen (secondary N) is 1. The van der Waals surface area contributed by atoms with Gasteiger partial charge in [0, 0.05) is 10.3 Å². The highest BCUT2D eigenvalue weighted by Crippen LogP contribution is 2.39. The smallest absolute Gasteiger partial charge is 0.234 e. The molecule has 1 N–H and O–H groups in total. The predicted octanol–water partition coefficient (Wildman–Crippen LogP) is 4.31. The largest absolute Gasteiger partial charge is 0.495 e. The van der Waals surface area contributed by atoms with E-state index in [0.29, 0.717) is 17.2 Å². The Hall–Kier alpha value is -2.12. The molecule has 0 saturated heterocycles. The number of benzene rings is 1. The monoisotopic (exact) mass is 385 g/mol. The number of nitrogens with zero attached hydrogens (tertiary/aromatic N) is 2. The van der Waals surface area contributed by atoms with E-state index < -0.39 is 0 Å². The minimum Gasteiger partial charge on any atom is -0.495 e. The number of anilines is 1. The minimum absolute atomic E-state index is 0.0737. The average molecular weight is 386 g/mol. The number of fused-ring (bicyclic) bond motifs is 3. The number of carbonyl (C=O) groups excluding carboxylic acids is 1. The lowest BCUT2D eigenvalue weighted by atomic mass is 9.97. The van der Waals surface area contributed by atoms with Crippen molar-refractivity contribution in [3.63, 3.8) is 0 Å². The summed E-state index contributed by atoms with van der Waals surface area (Å²) in [6.45, 7) is 0. The maximum Gasteiger partial charge on any atom is 0.234 e. The average Bonchev–Trinajstić information content (AvgIpc) is 3.06. The third-order valence-electron chi connectivity index (χ3n) is 4.44. The second-order valence-electron chi connectivity index (χ2n) is 6.11. The van der Waals surface area contributed by atoms with E-state index in [1.165, 1.54) is 35.0 Å². The number of rotatable bonds is 5. The van der Waals surface area contributed by atoms with Crippen LogP contribution in [-0.2, 0) is 17.6 Å². The summed E-state index contributed by atoms with van der Waals surface area (Å²) in [4.78, 5) is 23.8. The highest BCUT2D eigenvalue weighted by atomic mass is 32.2. The van der Waals surface area contributed by atoms with Crippen molar-refractivity contribution in [3.8, 4) is 5.75 Å². The predicted molar refractivity (Wildman–Crippen MR) is 106 cm³/mol. The topological polar surface area (TPSA) is 64.1 Å². The molecule has 5 nitrogen and oxygen atoms in total. The summed E-state index contributed by atoms with van der Waals surface area (Å²) in [6, 6.07) is 7.41. The molecule has 0 unspecified atom stereocenters. The molecule has 1 amide bonds. The molecule has 0 radical (unpaired) electrons. The lowest BCUT2D eigenvalue weighted by Crippen LogP contribution is -2.14.